The van der Waals surface area contributed by atoms with Crippen LogP contribution < -0.4 is 15.5 Å². The van der Waals surface area contributed by atoms with E-state index >= 15 is 0 Å². The van der Waals surface area contributed by atoms with Crippen molar-refractivity contribution in [1.29, 1.82) is 0 Å². The summed E-state index contributed by atoms with van der Waals surface area (Å²) >= 11 is 0. The van der Waals surface area contributed by atoms with Gasteiger partial charge in [-0.3, -0.25) is 9.59 Å². The second kappa shape index (κ2) is 10.3. The largest absolute Gasteiger partial charge is 0.357 e. The van der Waals surface area contributed by atoms with Gasteiger partial charge >= 0.3 is 0 Å². The number of ether oxygens (including phenoxy) is 2. The SMILES string of the molecule is COC(CNC(=O)CN1c2ccccc2NC2=C(C(=O)CC(C)(C)C2)C1C1CC=CCC1)OC. The Morgan fingerprint density at radius 1 is 1.21 bits per heavy atom. The number of amides is 1. The van der Waals surface area contributed by atoms with E-state index in [0.717, 1.165) is 48.3 Å². The number of benzene rings is 1. The summed E-state index contributed by atoms with van der Waals surface area (Å²) in [5, 5.41) is 6.55. The van der Waals surface area contributed by atoms with E-state index in [0.29, 0.717) is 6.42 Å². The molecule has 2 aliphatic carbocycles. The van der Waals surface area contributed by atoms with Crippen LogP contribution in [0, 0.1) is 11.3 Å². The number of Topliss-reactive ketones (excluding diaryl/α,β-unsaturated/α-hetero) is 1. The van der Waals surface area contributed by atoms with Gasteiger partial charge in [-0.05, 0) is 49.1 Å². The fraction of sp³-hybridized carbons (Fsp3) is 0.556. The molecule has 0 saturated heterocycles. The maximum absolute atomic E-state index is 13.6. The van der Waals surface area contributed by atoms with Gasteiger partial charge in [-0.15, -0.1) is 0 Å². The molecular formula is C27H37N3O4. The summed E-state index contributed by atoms with van der Waals surface area (Å²) in [4.78, 5) is 28.9. The molecular weight excluding hydrogens is 430 g/mol. The van der Waals surface area contributed by atoms with Crippen molar-refractivity contribution in [3.8, 4) is 0 Å². The minimum atomic E-state index is -0.502. The summed E-state index contributed by atoms with van der Waals surface area (Å²) in [6.45, 7) is 4.71. The molecule has 34 heavy (non-hydrogen) atoms. The minimum absolute atomic E-state index is 0.100. The van der Waals surface area contributed by atoms with Gasteiger partial charge in [0.2, 0.25) is 5.91 Å². The number of carbonyl (C=O) groups excluding carboxylic acids is 2. The molecule has 0 saturated carbocycles. The van der Waals surface area contributed by atoms with Crippen LogP contribution in [0.3, 0.4) is 0 Å². The molecule has 1 amide bonds. The lowest BCUT2D eigenvalue weighted by Crippen LogP contribution is -2.50. The Morgan fingerprint density at radius 2 is 1.97 bits per heavy atom. The summed E-state index contributed by atoms with van der Waals surface area (Å²) < 4.78 is 10.4. The molecule has 2 N–H and O–H groups in total. The number of hydrogen-bond donors (Lipinski definition) is 2. The zero-order chi connectivity index (χ0) is 24.3. The van der Waals surface area contributed by atoms with E-state index in [-0.39, 0.29) is 42.2 Å². The molecule has 1 aromatic rings. The molecule has 3 aliphatic rings. The minimum Gasteiger partial charge on any atom is -0.357 e. The van der Waals surface area contributed by atoms with Gasteiger partial charge < -0.3 is 25.0 Å². The molecule has 184 valence electrons. The molecule has 7 heteroatoms. The second-order valence-corrected chi connectivity index (χ2v) is 10.3. The molecule has 2 atom stereocenters. The first-order valence-electron chi connectivity index (χ1n) is 12.2. The highest BCUT2D eigenvalue weighted by Gasteiger charge is 2.43. The Morgan fingerprint density at radius 3 is 2.68 bits per heavy atom. The van der Waals surface area contributed by atoms with Crippen molar-refractivity contribution >= 4 is 23.1 Å². The highest BCUT2D eigenvalue weighted by molar-refractivity contribution is 6.01. The third kappa shape index (κ3) is 5.20. The lowest BCUT2D eigenvalue weighted by atomic mass is 9.71. The van der Waals surface area contributed by atoms with Gasteiger partial charge in [-0.2, -0.15) is 0 Å². The van der Waals surface area contributed by atoms with Crippen molar-refractivity contribution < 1.29 is 19.1 Å². The lowest BCUT2D eigenvalue weighted by molar-refractivity contribution is -0.126. The first kappa shape index (κ1) is 24.5. The number of nitrogens with one attached hydrogen (secondary N) is 2. The van der Waals surface area contributed by atoms with Crippen LogP contribution in [0.15, 0.2) is 47.7 Å². The first-order valence-corrected chi connectivity index (χ1v) is 12.2. The standard InChI is InChI=1S/C27H37N3O4/c1-27(2)14-20-25(22(31)15-27)26(18-10-6-5-7-11-18)30(21-13-9-8-12-19(21)29-20)17-23(32)28-16-24(33-3)34-4/h5-6,8-9,12-13,18,24,26,29H,7,10-11,14-17H2,1-4H3,(H,28,32). The number of para-hydroxylation sites is 2. The van der Waals surface area contributed by atoms with Crippen LogP contribution in [0.5, 0.6) is 0 Å². The third-order valence-electron chi connectivity index (χ3n) is 7.11. The lowest BCUT2D eigenvalue weighted by Gasteiger charge is -2.41. The number of rotatable bonds is 7. The van der Waals surface area contributed by atoms with Crippen LogP contribution >= 0.6 is 0 Å². The van der Waals surface area contributed by atoms with Crippen LogP contribution in [0.4, 0.5) is 11.4 Å². The van der Waals surface area contributed by atoms with Crippen molar-refractivity contribution in [2.75, 3.05) is 37.5 Å². The summed E-state index contributed by atoms with van der Waals surface area (Å²) in [6, 6.07) is 7.90. The highest BCUT2D eigenvalue weighted by Crippen LogP contribution is 2.46. The quantitative estimate of drug-likeness (QED) is 0.466. The number of carbonyl (C=O) groups is 2. The number of anilines is 2. The van der Waals surface area contributed by atoms with E-state index in [1.807, 2.05) is 24.3 Å². The van der Waals surface area contributed by atoms with Gasteiger partial charge in [0.05, 0.1) is 30.5 Å². The summed E-state index contributed by atoms with van der Waals surface area (Å²) in [5.41, 5.74) is 3.66. The average molecular weight is 468 g/mol. The maximum atomic E-state index is 13.6. The monoisotopic (exact) mass is 467 g/mol. The average Bonchev–Trinajstić information content (AvgIpc) is 2.94. The summed E-state index contributed by atoms with van der Waals surface area (Å²) in [6.07, 6.45) is 8.14. The fourth-order valence-electron chi connectivity index (χ4n) is 5.54. The third-order valence-corrected chi connectivity index (χ3v) is 7.11. The van der Waals surface area contributed by atoms with E-state index in [9.17, 15) is 9.59 Å². The van der Waals surface area contributed by atoms with Crippen LogP contribution in [0.1, 0.15) is 46.0 Å². The first-order chi connectivity index (χ1) is 16.3. The number of methoxy groups -OCH3 is 2. The second-order valence-electron chi connectivity index (χ2n) is 10.3. The molecule has 0 fully saturated rings. The summed E-state index contributed by atoms with van der Waals surface area (Å²) in [5.74, 6) is 0.319. The van der Waals surface area contributed by atoms with E-state index < -0.39 is 6.29 Å². The van der Waals surface area contributed by atoms with Crippen LogP contribution in [0.2, 0.25) is 0 Å². The van der Waals surface area contributed by atoms with Crippen LogP contribution in [-0.2, 0) is 19.1 Å². The Bertz CT molecular complexity index is 980. The van der Waals surface area contributed by atoms with Crippen molar-refractivity contribution in [1.82, 2.24) is 5.32 Å². The molecule has 1 aliphatic heterocycles. The molecule has 7 nitrogen and oxygen atoms in total. The van der Waals surface area contributed by atoms with Gasteiger partial charge in [0.15, 0.2) is 12.1 Å². The highest BCUT2D eigenvalue weighted by atomic mass is 16.7. The Kier molecular flexibility index (Phi) is 7.43. The number of ketones is 1. The Balaban J connectivity index is 1.75. The van der Waals surface area contributed by atoms with Gasteiger partial charge in [-0.1, -0.05) is 38.1 Å². The molecule has 0 spiro atoms. The molecule has 0 radical (unpaired) electrons. The van der Waals surface area contributed by atoms with E-state index in [1.54, 1.807) is 14.2 Å². The van der Waals surface area contributed by atoms with E-state index in [1.165, 1.54) is 0 Å². The van der Waals surface area contributed by atoms with Gasteiger partial charge in [0.25, 0.3) is 0 Å². The number of allylic oxidation sites excluding steroid dienone is 3. The van der Waals surface area contributed by atoms with E-state index in [2.05, 4.69) is 41.5 Å². The zero-order valence-corrected chi connectivity index (χ0v) is 20.7. The van der Waals surface area contributed by atoms with Crippen molar-refractivity contribution in [3.05, 3.63) is 47.7 Å². The fourth-order valence-corrected chi connectivity index (χ4v) is 5.54. The van der Waals surface area contributed by atoms with Crippen molar-refractivity contribution in [2.45, 2.75) is 58.3 Å². The molecule has 0 bridgehead atoms. The predicted octanol–water partition coefficient (Wildman–Crippen LogP) is 4.02. The Hall–Kier alpha value is -2.64. The van der Waals surface area contributed by atoms with Gasteiger partial charge in [0.1, 0.15) is 0 Å². The molecule has 0 aromatic heterocycles. The zero-order valence-electron chi connectivity index (χ0n) is 20.7. The van der Waals surface area contributed by atoms with Gasteiger partial charge in [-0.25, -0.2) is 0 Å². The van der Waals surface area contributed by atoms with Crippen LogP contribution in [0.25, 0.3) is 0 Å². The number of hydrogen-bond acceptors (Lipinski definition) is 6. The molecule has 1 heterocycles. The van der Waals surface area contributed by atoms with Crippen molar-refractivity contribution in [2.24, 2.45) is 11.3 Å². The maximum Gasteiger partial charge on any atom is 0.239 e. The predicted molar refractivity (Wildman–Crippen MR) is 134 cm³/mol. The van der Waals surface area contributed by atoms with Crippen LogP contribution in [-0.4, -0.2) is 51.3 Å². The molecule has 1 aromatic carbocycles. The molecule has 2 unspecified atom stereocenters. The molecule has 4 rings (SSSR count). The smallest absolute Gasteiger partial charge is 0.239 e. The number of nitrogens with zero attached hydrogens (tertiary/aromatic N) is 1. The van der Waals surface area contributed by atoms with Gasteiger partial charge in [0, 0.05) is 31.9 Å². The Labute approximate surface area is 202 Å². The normalized spacial score (nSPS) is 23.8. The van der Waals surface area contributed by atoms with E-state index in [4.69, 9.17) is 9.47 Å². The summed E-state index contributed by atoms with van der Waals surface area (Å²) in [7, 11) is 3.10. The number of fused-ring (bicyclic) bond motifs is 1. The topological polar surface area (TPSA) is 79.9 Å². The van der Waals surface area contributed by atoms with Crippen molar-refractivity contribution in [3.63, 3.8) is 0 Å².